The maximum absolute atomic E-state index is 11.9. The van der Waals surface area contributed by atoms with Crippen LogP contribution >= 0.6 is 11.3 Å². The van der Waals surface area contributed by atoms with Crippen LogP contribution in [0.5, 0.6) is 0 Å². The van der Waals surface area contributed by atoms with E-state index in [4.69, 9.17) is 9.47 Å². The fourth-order valence-electron chi connectivity index (χ4n) is 2.49. The monoisotopic (exact) mass is 347 g/mol. The minimum atomic E-state index is -0.556. The maximum atomic E-state index is 11.9. The van der Waals surface area contributed by atoms with Gasteiger partial charge in [-0.2, -0.15) is 0 Å². The Labute approximate surface area is 145 Å². The van der Waals surface area contributed by atoms with Crippen LogP contribution in [0.2, 0.25) is 0 Å². The van der Waals surface area contributed by atoms with Gasteiger partial charge in [-0.15, -0.1) is 11.3 Å². The first-order chi connectivity index (χ1) is 11.6. The first-order valence-electron chi connectivity index (χ1n) is 8.05. The van der Waals surface area contributed by atoms with Gasteiger partial charge in [0.25, 0.3) is 0 Å². The second-order valence-corrected chi connectivity index (χ2v) is 6.65. The molecule has 6 nitrogen and oxygen atoms in total. The van der Waals surface area contributed by atoms with Gasteiger partial charge in [0.1, 0.15) is 5.01 Å². The second-order valence-electron chi connectivity index (χ2n) is 5.79. The summed E-state index contributed by atoms with van der Waals surface area (Å²) in [6.45, 7) is 3.69. The molecule has 0 bridgehead atoms. The lowest BCUT2D eigenvalue weighted by atomic mass is 10.2. The zero-order chi connectivity index (χ0) is 16.8. The summed E-state index contributed by atoms with van der Waals surface area (Å²) in [6.07, 6.45) is 3.45. The summed E-state index contributed by atoms with van der Waals surface area (Å²) in [6, 6.07) is 5.75. The molecule has 0 unspecified atom stereocenters. The number of carbonyl (C=O) groups is 1. The van der Waals surface area contributed by atoms with Gasteiger partial charge in [0.15, 0.2) is 5.79 Å². The summed E-state index contributed by atoms with van der Waals surface area (Å²) in [4.78, 5) is 20.8. The molecule has 1 aliphatic heterocycles. The average molecular weight is 347 g/mol. The standard InChI is InChI=1S/C17H21N3O3S/c1-17(22-10-11-23-17)7-9-19-15(21)6-5-13-12-24-16(20-13)14-4-2-3-8-18-14/h2-4,8,12H,5-7,9-11H2,1H3,(H,19,21). The van der Waals surface area contributed by atoms with Gasteiger partial charge in [0.2, 0.25) is 5.91 Å². The van der Waals surface area contributed by atoms with Crippen molar-refractivity contribution in [2.45, 2.75) is 32.0 Å². The van der Waals surface area contributed by atoms with Crippen LogP contribution in [0.1, 0.15) is 25.5 Å². The van der Waals surface area contributed by atoms with Crippen LogP contribution in [0.25, 0.3) is 10.7 Å². The highest BCUT2D eigenvalue weighted by molar-refractivity contribution is 7.13. The van der Waals surface area contributed by atoms with Crippen molar-refractivity contribution in [3.05, 3.63) is 35.5 Å². The Morgan fingerprint density at radius 3 is 2.96 bits per heavy atom. The summed E-state index contributed by atoms with van der Waals surface area (Å²) >= 11 is 1.55. The number of thiazole rings is 1. The molecular weight excluding hydrogens is 326 g/mol. The van der Waals surface area contributed by atoms with E-state index >= 15 is 0 Å². The van der Waals surface area contributed by atoms with E-state index < -0.39 is 5.79 Å². The molecule has 3 heterocycles. The first-order valence-corrected chi connectivity index (χ1v) is 8.93. The number of carbonyl (C=O) groups excluding carboxylic acids is 1. The van der Waals surface area contributed by atoms with Crippen molar-refractivity contribution in [3.8, 4) is 10.7 Å². The number of amides is 1. The summed E-state index contributed by atoms with van der Waals surface area (Å²) in [7, 11) is 0. The normalized spacial score (nSPS) is 16.2. The van der Waals surface area contributed by atoms with E-state index in [1.165, 1.54) is 0 Å². The number of ether oxygens (including phenoxy) is 2. The Bertz CT molecular complexity index is 669. The molecule has 0 radical (unpaired) electrons. The Morgan fingerprint density at radius 1 is 1.38 bits per heavy atom. The number of hydrogen-bond acceptors (Lipinski definition) is 6. The smallest absolute Gasteiger partial charge is 0.220 e. The molecule has 2 aromatic rings. The lowest BCUT2D eigenvalue weighted by Gasteiger charge is -2.22. The molecule has 128 valence electrons. The zero-order valence-electron chi connectivity index (χ0n) is 13.7. The molecule has 1 N–H and O–H groups in total. The third-order valence-corrected chi connectivity index (χ3v) is 4.76. The van der Waals surface area contributed by atoms with Gasteiger partial charge in [-0.3, -0.25) is 9.78 Å². The fourth-order valence-corrected chi connectivity index (χ4v) is 3.32. The molecule has 3 rings (SSSR count). The van der Waals surface area contributed by atoms with E-state index in [1.807, 2.05) is 30.5 Å². The van der Waals surface area contributed by atoms with Crippen molar-refractivity contribution in [2.75, 3.05) is 19.8 Å². The largest absolute Gasteiger partial charge is 0.356 e. The fraction of sp³-hybridized carbons (Fsp3) is 0.471. The Balaban J connectivity index is 1.41. The lowest BCUT2D eigenvalue weighted by molar-refractivity contribution is -0.146. The Hall–Kier alpha value is -1.83. The number of aryl methyl sites for hydroxylation is 1. The van der Waals surface area contributed by atoms with Gasteiger partial charge in [0.05, 0.1) is 24.6 Å². The molecule has 1 saturated heterocycles. The SMILES string of the molecule is CC1(CCNC(=O)CCc2csc(-c3ccccn3)n2)OCCO1. The number of nitrogens with one attached hydrogen (secondary N) is 1. The summed E-state index contributed by atoms with van der Waals surface area (Å²) in [5.74, 6) is -0.538. The molecule has 2 aromatic heterocycles. The molecule has 1 amide bonds. The van der Waals surface area contributed by atoms with Crippen LogP contribution in [0, 0.1) is 0 Å². The number of pyridine rings is 1. The van der Waals surface area contributed by atoms with Crippen LogP contribution in [0.3, 0.4) is 0 Å². The molecule has 0 saturated carbocycles. The van der Waals surface area contributed by atoms with Crippen LogP contribution in [0.15, 0.2) is 29.8 Å². The minimum Gasteiger partial charge on any atom is -0.356 e. The molecule has 0 atom stereocenters. The number of nitrogens with zero attached hydrogens (tertiary/aromatic N) is 2. The zero-order valence-corrected chi connectivity index (χ0v) is 14.5. The number of aromatic nitrogens is 2. The molecular formula is C17H21N3O3S. The number of hydrogen-bond donors (Lipinski definition) is 1. The molecule has 1 aliphatic rings. The van der Waals surface area contributed by atoms with Crippen LogP contribution in [-0.4, -0.2) is 41.4 Å². The second kappa shape index (κ2) is 7.83. The van der Waals surface area contributed by atoms with Crippen LogP contribution in [0.4, 0.5) is 0 Å². The van der Waals surface area contributed by atoms with Crippen LogP contribution in [-0.2, 0) is 20.7 Å². The van der Waals surface area contributed by atoms with E-state index in [0.29, 0.717) is 39.0 Å². The van der Waals surface area contributed by atoms with Gasteiger partial charge < -0.3 is 14.8 Å². The first kappa shape index (κ1) is 17.0. The molecule has 7 heteroatoms. The van der Waals surface area contributed by atoms with E-state index in [0.717, 1.165) is 16.4 Å². The predicted molar refractivity (Wildman–Crippen MR) is 91.6 cm³/mol. The third-order valence-electron chi connectivity index (χ3n) is 3.84. The molecule has 1 fully saturated rings. The lowest BCUT2D eigenvalue weighted by Crippen LogP contribution is -2.33. The number of rotatable bonds is 7. The van der Waals surface area contributed by atoms with Crippen molar-refractivity contribution in [2.24, 2.45) is 0 Å². The molecule has 0 aromatic carbocycles. The van der Waals surface area contributed by atoms with Gasteiger partial charge in [-0.05, 0) is 25.5 Å². The highest BCUT2D eigenvalue weighted by Gasteiger charge is 2.30. The Morgan fingerprint density at radius 2 is 2.21 bits per heavy atom. The van der Waals surface area contributed by atoms with E-state index in [1.54, 1.807) is 17.5 Å². The summed E-state index contributed by atoms with van der Waals surface area (Å²) < 4.78 is 11.0. The minimum absolute atomic E-state index is 0.0176. The quantitative estimate of drug-likeness (QED) is 0.833. The topological polar surface area (TPSA) is 73.3 Å². The van der Waals surface area contributed by atoms with E-state index in [2.05, 4.69) is 15.3 Å². The van der Waals surface area contributed by atoms with Gasteiger partial charge in [0, 0.05) is 31.0 Å². The highest BCUT2D eigenvalue weighted by Crippen LogP contribution is 2.22. The van der Waals surface area contributed by atoms with Crippen molar-refractivity contribution in [1.29, 1.82) is 0 Å². The van der Waals surface area contributed by atoms with E-state index in [9.17, 15) is 4.79 Å². The van der Waals surface area contributed by atoms with Gasteiger partial charge in [-0.25, -0.2) is 4.98 Å². The van der Waals surface area contributed by atoms with Gasteiger partial charge >= 0.3 is 0 Å². The van der Waals surface area contributed by atoms with Crippen molar-refractivity contribution in [1.82, 2.24) is 15.3 Å². The summed E-state index contributed by atoms with van der Waals surface area (Å²) in [5, 5.41) is 5.78. The molecule has 0 spiro atoms. The molecule has 0 aliphatic carbocycles. The third kappa shape index (κ3) is 4.59. The van der Waals surface area contributed by atoms with Crippen molar-refractivity contribution < 1.29 is 14.3 Å². The predicted octanol–water partition coefficient (Wildman–Crippen LogP) is 2.41. The maximum Gasteiger partial charge on any atom is 0.220 e. The molecule has 24 heavy (non-hydrogen) atoms. The van der Waals surface area contributed by atoms with Gasteiger partial charge in [-0.1, -0.05) is 6.07 Å². The van der Waals surface area contributed by atoms with Crippen molar-refractivity contribution in [3.63, 3.8) is 0 Å². The van der Waals surface area contributed by atoms with Crippen molar-refractivity contribution >= 4 is 17.2 Å². The van der Waals surface area contributed by atoms with E-state index in [-0.39, 0.29) is 5.91 Å². The highest BCUT2D eigenvalue weighted by atomic mass is 32.1. The van der Waals surface area contributed by atoms with Crippen LogP contribution < -0.4 is 5.32 Å². The average Bonchev–Trinajstić information content (AvgIpc) is 3.23. The summed E-state index contributed by atoms with van der Waals surface area (Å²) in [5.41, 5.74) is 1.79. The Kier molecular flexibility index (Phi) is 5.55.